The number of hydrogen-bond donors (Lipinski definition) is 0. The molecule has 6 atom stereocenters. The van der Waals surface area contributed by atoms with Gasteiger partial charge in [-0.25, -0.2) is 0 Å². The Balaban J connectivity index is 1.71. The maximum absolute atomic E-state index is 13.6. The van der Waals surface area contributed by atoms with Gasteiger partial charge in [-0.1, -0.05) is 47.6 Å². The molecule has 6 aromatic rings. The Hall–Kier alpha value is -7.21. The van der Waals surface area contributed by atoms with Crippen LogP contribution < -0.4 is 52.1 Å². The molecule has 0 radical (unpaired) electrons. The molecule has 0 fully saturated rings. The van der Waals surface area contributed by atoms with Crippen molar-refractivity contribution in [2.24, 2.45) is 0 Å². The number of rotatable bonds is 12. The van der Waals surface area contributed by atoms with Gasteiger partial charge in [-0.05, 0) is 77.4 Å². The van der Waals surface area contributed by atoms with E-state index in [1.165, 1.54) is 0 Å². The van der Waals surface area contributed by atoms with Crippen LogP contribution >= 0.6 is 0 Å². The lowest BCUT2D eigenvalue weighted by molar-refractivity contribution is 0.112. The van der Waals surface area contributed by atoms with E-state index >= 15 is 0 Å². The smallest absolute Gasteiger partial charge is 0.150 e. The average Bonchev–Trinajstić information content (AvgIpc) is 3.64. The van der Waals surface area contributed by atoms with E-state index < -0.39 is 0 Å². The lowest BCUT2D eigenvalue weighted by atomic mass is 9.78. The SMILES string of the molecule is COc1c2cc(c(C=O)c1C)C(C)c1cc(c(OC)c(C)c1OC)C(C)c1cc(c(OC)c(C)c1OC)C(C)c1cc(c(OC)c(C)c1OC)C(C)c1cc(c(OC)c(C)c1OC)C(C)c1cc(c(OC)c(C)c1OC)C2C. The fourth-order valence-electron chi connectivity index (χ4n) is 13.1. The van der Waals surface area contributed by atoms with Gasteiger partial charge >= 0.3 is 0 Å². The molecule has 6 unspecified atom stereocenters. The van der Waals surface area contributed by atoms with Crippen molar-refractivity contribution in [3.8, 4) is 63.2 Å². The minimum atomic E-state index is -0.371. The lowest BCUT2D eigenvalue weighted by Crippen LogP contribution is -2.14. The van der Waals surface area contributed by atoms with Crippen LogP contribution in [0.15, 0.2) is 36.4 Å². The topological polar surface area (TPSA) is 119 Å². The number of fused-ring (bicyclic) bond motifs is 12. The summed E-state index contributed by atoms with van der Waals surface area (Å²) in [4.78, 5) is 13.6. The average molecular weight is 1070 g/mol. The third-order valence-corrected chi connectivity index (χ3v) is 17.2. The molecule has 1 aliphatic carbocycles. The molecule has 6 aromatic carbocycles. The van der Waals surface area contributed by atoms with Gasteiger partial charge in [0, 0.05) is 136 Å². The fourth-order valence-corrected chi connectivity index (χ4v) is 13.1. The Labute approximate surface area is 463 Å². The second kappa shape index (κ2) is 23.4. The van der Waals surface area contributed by atoms with E-state index in [4.69, 9.17) is 52.1 Å². The molecule has 0 amide bonds. The Morgan fingerprint density at radius 1 is 0.244 bits per heavy atom. The van der Waals surface area contributed by atoms with Crippen molar-refractivity contribution in [1.29, 1.82) is 0 Å². The highest BCUT2D eigenvalue weighted by Crippen LogP contribution is 2.55. The van der Waals surface area contributed by atoms with E-state index in [2.05, 4.69) is 77.9 Å². The maximum atomic E-state index is 13.6. The third kappa shape index (κ3) is 9.26. The highest BCUT2D eigenvalue weighted by atomic mass is 16.5. The Bertz CT molecular complexity index is 3270. The minimum Gasteiger partial charge on any atom is -0.496 e. The normalized spacial score (nSPS) is 18.0. The van der Waals surface area contributed by atoms with E-state index in [1.54, 1.807) is 78.2 Å². The number of benzene rings is 6. The van der Waals surface area contributed by atoms with Gasteiger partial charge in [0.25, 0.3) is 0 Å². The highest BCUT2D eigenvalue weighted by molar-refractivity contribution is 5.83. The van der Waals surface area contributed by atoms with Crippen molar-refractivity contribution >= 4 is 6.29 Å². The van der Waals surface area contributed by atoms with Gasteiger partial charge in [-0.3, -0.25) is 4.79 Å². The molecule has 1 aliphatic rings. The molecule has 0 N–H and O–H groups in total. The van der Waals surface area contributed by atoms with Gasteiger partial charge in [0.05, 0.1) is 78.2 Å². The van der Waals surface area contributed by atoms with Crippen LogP contribution in [0.25, 0.3) is 0 Å². The van der Waals surface area contributed by atoms with Crippen LogP contribution in [-0.4, -0.2) is 84.5 Å². The summed E-state index contributed by atoms with van der Waals surface area (Å²) in [6.07, 6.45) is 0.937. The first-order chi connectivity index (χ1) is 37.2. The number of carbonyl (C=O) groups is 1. The molecule has 418 valence electrons. The summed E-state index contributed by atoms with van der Waals surface area (Å²) in [5.74, 6) is 5.71. The molecule has 0 saturated carbocycles. The van der Waals surface area contributed by atoms with E-state index in [9.17, 15) is 4.79 Å². The van der Waals surface area contributed by atoms with Crippen molar-refractivity contribution in [3.63, 3.8) is 0 Å². The monoisotopic (exact) mass is 1070 g/mol. The molecular formula is C66H82O12. The van der Waals surface area contributed by atoms with Crippen LogP contribution in [0.4, 0.5) is 0 Å². The zero-order valence-electron chi connectivity index (χ0n) is 50.4. The second-order valence-corrected chi connectivity index (χ2v) is 20.8. The predicted molar refractivity (Wildman–Crippen MR) is 310 cm³/mol. The molecular weight excluding hydrogens is 985 g/mol. The number of methoxy groups -OCH3 is 11. The van der Waals surface area contributed by atoms with Gasteiger partial charge in [-0.2, -0.15) is 0 Å². The van der Waals surface area contributed by atoms with E-state index in [-0.39, 0.29) is 35.5 Å². The summed E-state index contributed by atoms with van der Waals surface area (Å²) in [6, 6.07) is 13.1. The van der Waals surface area contributed by atoms with Gasteiger partial charge in [0.15, 0.2) is 6.29 Å². The standard InChI is InChI=1S/C66H82O12/c1-31-43-24-44(56(68-13)37(7)55(43)30-67)32(2)47-26-48(60(72-17)39(9)59(47)71-16)34(4)51-28-52(64(76-21)41(11)63(51)75-20)36(6)54-29-53(65(77-22)42(12)66(54)78-23)35(5)50-27-49(61(73-18)40(10)62(50)74-19)33(3)46-25-45(31)57(69-14)38(8)58(46)70-15/h24-36H,1-23H3. The summed E-state index contributed by atoms with van der Waals surface area (Å²) in [7, 11) is 18.6. The van der Waals surface area contributed by atoms with Crippen molar-refractivity contribution in [3.05, 3.63) is 142 Å². The first-order valence-corrected chi connectivity index (χ1v) is 26.7. The lowest BCUT2D eigenvalue weighted by Gasteiger charge is -2.31. The first kappa shape index (κ1) is 58.5. The second-order valence-electron chi connectivity index (χ2n) is 20.8. The van der Waals surface area contributed by atoms with E-state index in [0.29, 0.717) is 68.8 Å². The summed E-state index contributed by atoms with van der Waals surface area (Å²) in [5.41, 5.74) is 16.5. The number of carbonyl (C=O) groups excluding carboxylic acids is 1. The molecule has 0 aliphatic heterocycles. The van der Waals surface area contributed by atoms with Crippen LogP contribution in [0.5, 0.6) is 63.2 Å². The van der Waals surface area contributed by atoms with Crippen molar-refractivity contribution in [2.45, 2.75) is 119 Å². The van der Waals surface area contributed by atoms with Gasteiger partial charge in [0.2, 0.25) is 0 Å². The van der Waals surface area contributed by atoms with Crippen LogP contribution in [0.1, 0.15) is 188 Å². The summed E-state index contributed by atoms with van der Waals surface area (Å²) in [6.45, 7) is 25.1. The molecule has 0 spiro atoms. The van der Waals surface area contributed by atoms with Crippen LogP contribution in [0.3, 0.4) is 0 Å². The number of aldehydes is 1. The summed E-state index contributed by atoms with van der Waals surface area (Å²) in [5, 5.41) is 0. The quantitative estimate of drug-likeness (QED) is 0.109. The van der Waals surface area contributed by atoms with E-state index in [1.807, 2.05) is 41.5 Å². The number of ether oxygens (including phenoxy) is 11. The molecule has 12 heteroatoms. The minimum absolute atomic E-state index is 0.279. The van der Waals surface area contributed by atoms with Gasteiger partial charge in [0.1, 0.15) is 63.2 Å². The first-order valence-electron chi connectivity index (χ1n) is 26.7. The molecule has 12 bridgehead atoms. The third-order valence-electron chi connectivity index (χ3n) is 17.2. The van der Waals surface area contributed by atoms with Crippen LogP contribution in [-0.2, 0) is 0 Å². The van der Waals surface area contributed by atoms with Crippen molar-refractivity contribution in [1.82, 2.24) is 0 Å². The molecule has 0 aromatic heterocycles. The van der Waals surface area contributed by atoms with Gasteiger partial charge < -0.3 is 52.1 Å². The Kier molecular flexibility index (Phi) is 17.5. The zero-order chi connectivity index (χ0) is 57.5. The van der Waals surface area contributed by atoms with Crippen molar-refractivity contribution < 1.29 is 56.9 Å². The van der Waals surface area contributed by atoms with Gasteiger partial charge in [-0.15, -0.1) is 0 Å². The molecule has 7 rings (SSSR count). The predicted octanol–water partition coefficient (Wildman–Crippen LogP) is 14.7. The Morgan fingerprint density at radius 2 is 0.372 bits per heavy atom. The molecule has 0 saturated heterocycles. The van der Waals surface area contributed by atoms with E-state index in [0.717, 1.165) is 106 Å². The van der Waals surface area contributed by atoms with Crippen LogP contribution in [0, 0.1) is 41.5 Å². The zero-order valence-corrected chi connectivity index (χ0v) is 50.4. The largest absolute Gasteiger partial charge is 0.496 e. The highest BCUT2D eigenvalue weighted by Gasteiger charge is 2.36. The molecule has 0 heterocycles. The number of hydrogen-bond acceptors (Lipinski definition) is 12. The summed E-state index contributed by atoms with van der Waals surface area (Å²) >= 11 is 0. The molecule has 78 heavy (non-hydrogen) atoms. The maximum Gasteiger partial charge on any atom is 0.150 e. The Morgan fingerprint density at radius 3 is 0.513 bits per heavy atom. The van der Waals surface area contributed by atoms with Crippen LogP contribution in [0.2, 0.25) is 0 Å². The summed E-state index contributed by atoms with van der Waals surface area (Å²) < 4.78 is 69.9. The van der Waals surface area contributed by atoms with Crippen molar-refractivity contribution in [2.75, 3.05) is 78.2 Å². The molecule has 12 nitrogen and oxygen atoms in total. The fraction of sp³-hybridized carbons (Fsp3) is 0.439.